The maximum absolute atomic E-state index is 10.0. The largest absolute Gasteiger partial charge is 0.471 e. The Labute approximate surface area is 73.9 Å². The zero-order chi connectivity index (χ0) is 10.3. The van der Waals surface area contributed by atoms with E-state index in [-0.39, 0.29) is 5.69 Å². The van der Waals surface area contributed by atoms with Gasteiger partial charge in [0.05, 0.1) is 12.0 Å². The molecule has 1 rings (SSSR count). The molecule has 1 N–H and O–H groups in total. The number of hydrogen-bond donors (Lipinski definition) is 1. The summed E-state index contributed by atoms with van der Waals surface area (Å²) in [6, 6.07) is 0. The number of rotatable bonds is 2. The van der Waals surface area contributed by atoms with Crippen LogP contribution in [0.25, 0.3) is 0 Å². The molecule has 0 aliphatic heterocycles. The smallest absolute Gasteiger partial charge is 0.309 e. The molecule has 0 aromatic carbocycles. The van der Waals surface area contributed by atoms with Crippen LogP contribution in [0.3, 0.4) is 0 Å². The number of ether oxygens (including phenoxy) is 1. The van der Waals surface area contributed by atoms with Crippen molar-refractivity contribution >= 4 is 12.2 Å². The molecule has 0 bridgehead atoms. The molecule has 0 fully saturated rings. The van der Waals surface area contributed by atoms with Gasteiger partial charge in [0.1, 0.15) is 11.9 Å². The van der Waals surface area contributed by atoms with Gasteiger partial charge in [0.25, 0.3) is 6.47 Å². The molecular formula is C6H9N3O4. The van der Waals surface area contributed by atoms with Crippen LogP contribution in [0.4, 0.5) is 5.69 Å². The minimum atomic E-state index is -0.473. The van der Waals surface area contributed by atoms with Crippen LogP contribution < -0.4 is 0 Å². The molecule has 0 aliphatic rings. The molecule has 0 amide bonds. The minimum Gasteiger partial charge on any atom is -0.471 e. The van der Waals surface area contributed by atoms with Crippen molar-refractivity contribution in [2.75, 3.05) is 7.11 Å². The summed E-state index contributed by atoms with van der Waals surface area (Å²) in [4.78, 5) is 18.5. The molecule has 72 valence electrons. The number of aromatic nitrogens is 2. The monoisotopic (exact) mass is 187 g/mol. The lowest BCUT2D eigenvalue weighted by molar-refractivity contribution is -0.385. The van der Waals surface area contributed by atoms with Crippen molar-refractivity contribution in [3.8, 4) is 0 Å². The summed E-state index contributed by atoms with van der Waals surface area (Å²) in [6.45, 7) is 1.98. The fraction of sp³-hybridized carbons (Fsp3) is 0.333. The van der Waals surface area contributed by atoms with E-state index in [0.717, 1.165) is 0 Å². The number of nitrogens with one attached hydrogen (secondary N) is 1. The molecule has 1 aromatic rings. The van der Waals surface area contributed by atoms with E-state index in [1.165, 1.54) is 13.3 Å². The summed E-state index contributed by atoms with van der Waals surface area (Å²) in [5.41, 5.74) is 0.523. The Morgan fingerprint density at radius 1 is 1.77 bits per heavy atom. The number of hydrogen-bond acceptors (Lipinski definition) is 5. The van der Waals surface area contributed by atoms with E-state index in [2.05, 4.69) is 14.9 Å². The highest BCUT2D eigenvalue weighted by atomic mass is 16.6. The normalized spacial score (nSPS) is 8.15. The van der Waals surface area contributed by atoms with Crippen LogP contribution in [0.5, 0.6) is 0 Å². The van der Waals surface area contributed by atoms with E-state index >= 15 is 0 Å². The van der Waals surface area contributed by atoms with E-state index in [1.807, 2.05) is 0 Å². The van der Waals surface area contributed by atoms with Crippen molar-refractivity contribution in [1.29, 1.82) is 0 Å². The number of carbonyl (C=O) groups excluding carboxylic acids is 1. The van der Waals surface area contributed by atoms with Crippen molar-refractivity contribution in [3.63, 3.8) is 0 Å². The molecule has 0 spiro atoms. The van der Waals surface area contributed by atoms with Crippen LogP contribution in [0.1, 0.15) is 5.69 Å². The third-order valence-corrected chi connectivity index (χ3v) is 1.10. The van der Waals surface area contributed by atoms with E-state index in [4.69, 9.17) is 4.79 Å². The fourth-order valence-electron chi connectivity index (χ4n) is 0.528. The third kappa shape index (κ3) is 3.85. The van der Waals surface area contributed by atoms with Gasteiger partial charge in [-0.1, -0.05) is 0 Å². The standard InChI is InChI=1S/C4H5N3O2.C2H4O2/c1-3-4(7(8)9)2-5-6-3;1-4-2-3/h2H,1H3,(H,5,6);2H,1H3. The third-order valence-electron chi connectivity index (χ3n) is 1.10. The Kier molecular flexibility index (Phi) is 4.85. The first-order valence-electron chi connectivity index (χ1n) is 3.24. The van der Waals surface area contributed by atoms with Crippen LogP contribution >= 0.6 is 0 Å². The number of aryl methyl sites for hydroxylation is 1. The summed E-state index contributed by atoms with van der Waals surface area (Å²) < 4.78 is 3.86. The molecule has 0 saturated heterocycles. The van der Waals surface area contributed by atoms with Crippen LogP contribution in [0, 0.1) is 17.0 Å². The van der Waals surface area contributed by atoms with Crippen molar-refractivity contribution in [2.24, 2.45) is 0 Å². The SMILES string of the molecule is COC=O.Cc1[nH]ncc1[N+](=O)[O-]. The Hall–Kier alpha value is -1.92. The second kappa shape index (κ2) is 5.70. The van der Waals surface area contributed by atoms with E-state index in [0.29, 0.717) is 12.2 Å². The first kappa shape index (κ1) is 11.1. The summed E-state index contributed by atoms with van der Waals surface area (Å²) in [6.07, 6.45) is 1.19. The second-order valence-electron chi connectivity index (χ2n) is 1.97. The van der Waals surface area contributed by atoms with Gasteiger partial charge < -0.3 is 4.74 Å². The molecule has 0 unspecified atom stereocenters. The zero-order valence-corrected chi connectivity index (χ0v) is 7.18. The van der Waals surface area contributed by atoms with Gasteiger partial charge in [-0.2, -0.15) is 5.10 Å². The number of nitro groups is 1. The van der Waals surface area contributed by atoms with Gasteiger partial charge >= 0.3 is 5.69 Å². The van der Waals surface area contributed by atoms with E-state index in [9.17, 15) is 10.1 Å². The Bertz CT molecular complexity index is 283. The quantitative estimate of drug-likeness (QED) is 0.411. The minimum absolute atomic E-state index is 0.0370. The first-order valence-corrected chi connectivity index (χ1v) is 3.24. The maximum Gasteiger partial charge on any atom is 0.309 e. The van der Waals surface area contributed by atoms with E-state index in [1.54, 1.807) is 6.92 Å². The predicted octanol–water partition coefficient (Wildman–Crippen LogP) is 0.416. The van der Waals surface area contributed by atoms with Gasteiger partial charge in [-0.05, 0) is 6.92 Å². The van der Waals surface area contributed by atoms with E-state index < -0.39 is 4.92 Å². The second-order valence-corrected chi connectivity index (χ2v) is 1.97. The number of aromatic amines is 1. The average molecular weight is 187 g/mol. The van der Waals surface area contributed by atoms with Gasteiger partial charge in [-0.25, -0.2) is 0 Å². The Morgan fingerprint density at radius 2 is 2.31 bits per heavy atom. The highest BCUT2D eigenvalue weighted by Gasteiger charge is 2.09. The Morgan fingerprint density at radius 3 is 2.46 bits per heavy atom. The van der Waals surface area contributed by atoms with Gasteiger partial charge in [-0.15, -0.1) is 0 Å². The molecule has 0 radical (unpaired) electrons. The number of methoxy groups -OCH3 is 1. The van der Waals surface area contributed by atoms with Gasteiger partial charge in [0.2, 0.25) is 0 Å². The van der Waals surface area contributed by atoms with Crippen molar-refractivity contribution in [3.05, 3.63) is 22.0 Å². The summed E-state index contributed by atoms with van der Waals surface area (Å²) in [5, 5.41) is 16.0. The molecule has 0 aliphatic carbocycles. The van der Waals surface area contributed by atoms with Crippen molar-refractivity contribution in [2.45, 2.75) is 6.92 Å². The van der Waals surface area contributed by atoms with Crippen molar-refractivity contribution < 1.29 is 14.5 Å². The summed E-state index contributed by atoms with van der Waals surface area (Å²) in [5.74, 6) is 0. The van der Waals surface area contributed by atoms with Crippen molar-refractivity contribution in [1.82, 2.24) is 10.2 Å². The molecule has 0 saturated carbocycles. The van der Waals surface area contributed by atoms with Crippen LogP contribution in [0.2, 0.25) is 0 Å². The zero-order valence-electron chi connectivity index (χ0n) is 7.18. The highest BCUT2D eigenvalue weighted by molar-refractivity contribution is 5.36. The van der Waals surface area contributed by atoms with Crippen LogP contribution in [0.15, 0.2) is 6.20 Å². The molecule has 1 heterocycles. The number of H-pyrrole nitrogens is 1. The predicted molar refractivity (Wildman–Crippen MR) is 43.1 cm³/mol. The van der Waals surface area contributed by atoms with Gasteiger partial charge in [0.15, 0.2) is 0 Å². The highest BCUT2D eigenvalue weighted by Crippen LogP contribution is 2.11. The number of nitrogens with zero attached hydrogens (tertiary/aromatic N) is 2. The molecular weight excluding hydrogens is 178 g/mol. The summed E-state index contributed by atoms with van der Waals surface area (Å²) >= 11 is 0. The lowest BCUT2D eigenvalue weighted by atomic mass is 10.4. The van der Waals surface area contributed by atoms with Gasteiger partial charge in [0, 0.05) is 0 Å². The van der Waals surface area contributed by atoms with Gasteiger partial charge in [-0.3, -0.25) is 20.0 Å². The Balaban J connectivity index is 0.000000310. The topological polar surface area (TPSA) is 98.1 Å². The summed E-state index contributed by atoms with van der Waals surface area (Å²) in [7, 11) is 1.31. The molecule has 0 atom stereocenters. The maximum atomic E-state index is 10.0. The van der Waals surface area contributed by atoms with Crippen LogP contribution in [-0.2, 0) is 9.53 Å². The van der Waals surface area contributed by atoms with Crippen LogP contribution in [-0.4, -0.2) is 28.7 Å². The average Bonchev–Trinajstić information content (AvgIpc) is 2.52. The molecule has 7 heteroatoms. The molecule has 13 heavy (non-hydrogen) atoms. The lowest BCUT2D eigenvalue weighted by Crippen LogP contribution is -1.86. The molecule has 7 nitrogen and oxygen atoms in total. The first-order chi connectivity index (χ1) is 6.13. The lowest BCUT2D eigenvalue weighted by Gasteiger charge is -1.82. The number of carbonyl (C=O) groups is 1. The fourth-order valence-corrected chi connectivity index (χ4v) is 0.528. The molecule has 1 aromatic heterocycles.